The van der Waals surface area contributed by atoms with E-state index in [4.69, 9.17) is 0 Å². The van der Waals surface area contributed by atoms with Gasteiger partial charge in [0.25, 0.3) is 0 Å². The van der Waals surface area contributed by atoms with Crippen molar-refractivity contribution in [2.45, 2.75) is 39.7 Å². The molecule has 0 aliphatic rings. The van der Waals surface area contributed by atoms with Crippen LogP contribution in [-0.4, -0.2) is 22.6 Å². The summed E-state index contributed by atoms with van der Waals surface area (Å²) >= 11 is 0. The van der Waals surface area contributed by atoms with Crippen LogP contribution in [0.15, 0.2) is 12.4 Å². The second-order valence-electron chi connectivity index (χ2n) is 3.91. The minimum absolute atomic E-state index is 0.593. The van der Waals surface area contributed by atoms with Crippen molar-refractivity contribution in [3.63, 3.8) is 0 Å². The molecule has 1 aromatic heterocycles. The van der Waals surface area contributed by atoms with Crippen LogP contribution < -0.4 is 5.32 Å². The van der Waals surface area contributed by atoms with Crippen LogP contribution in [0.2, 0.25) is 0 Å². The summed E-state index contributed by atoms with van der Waals surface area (Å²) in [4.78, 5) is 7.29. The lowest BCUT2D eigenvalue weighted by Crippen LogP contribution is -2.33. The average molecular weight is 195 g/mol. The summed E-state index contributed by atoms with van der Waals surface area (Å²) in [5.41, 5.74) is 0. The smallest absolute Gasteiger partial charge is 0.107 e. The van der Waals surface area contributed by atoms with Gasteiger partial charge < -0.3 is 10.3 Å². The van der Waals surface area contributed by atoms with Crippen LogP contribution in [0.1, 0.15) is 33.0 Å². The largest absolute Gasteiger partial charge is 0.349 e. The van der Waals surface area contributed by atoms with Gasteiger partial charge in [-0.25, -0.2) is 4.98 Å². The van der Waals surface area contributed by atoms with Gasteiger partial charge in [-0.2, -0.15) is 0 Å². The first-order valence-electron chi connectivity index (χ1n) is 5.45. The standard InChI is InChI=1S/C11H21N3/c1-4-9(2)10(3)12-6-5-11-13-7-8-14-11/h7-10,12H,4-6H2,1-3H3,(H,13,14). The zero-order chi connectivity index (χ0) is 10.4. The maximum absolute atomic E-state index is 4.18. The highest BCUT2D eigenvalue weighted by Gasteiger charge is 2.08. The normalized spacial score (nSPS) is 15.4. The summed E-state index contributed by atoms with van der Waals surface area (Å²) in [6.07, 6.45) is 5.88. The second kappa shape index (κ2) is 5.81. The van der Waals surface area contributed by atoms with E-state index in [1.807, 2.05) is 6.20 Å². The zero-order valence-electron chi connectivity index (χ0n) is 9.38. The zero-order valence-corrected chi connectivity index (χ0v) is 9.38. The number of rotatable bonds is 6. The van der Waals surface area contributed by atoms with E-state index in [9.17, 15) is 0 Å². The van der Waals surface area contributed by atoms with Crippen LogP contribution in [-0.2, 0) is 6.42 Å². The molecule has 1 aromatic rings. The lowest BCUT2D eigenvalue weighted by molar-refractivity contribution is 0.392. The number of nitrogens with zero attached hydrogens (tertiary/aromatic N) is 1. The molecule has 14 heavy (non-hydrogen) atoms. The Balaban J connectivity index is 2.15. The van der Waals surface area contributed by atoms with Crippen molar-refractivity contribution in [3.05, 3.63) is 18.2 Å². The maximum Gasteiger partial charge on any atom is 0.107 e. The molecule has 2 atom stereocenters. The SMILES string of the molecule is CCC(C)C(C)NCCc1ncc[nH]1. The minimum Gasteiger partial charge on any atom is -0.349 e. The Bertz CT molecular complexity index is 231. The van der Waals surface area contributed by atoms with Crippen LogP contribution in [0.4, 0.5) is 0 Å². The molecule has 1 heterocycles. The van der Waals surface area contributed by atoms with Gasteiger partial charge in [0.05, 0.1) is 0 Å². The molecule has 0 amide bonds. The van der Waals surface area contributed by atoms with Crippen molar-refractivity contribution in [2.75, 3.05) is 6.54 Å². The van der Waals surface area contributed by atoms with Crippen LogP contribution in [0, 0.1) is 5.92 Å². The van der Waals surface area contributed by atoms with Crippen LogP contribution in [0.25, 0.3) is 0 Å². The Morgan fingerprint density at radius 2 is 2.29 bits per heavy atom. The number of hydrogen-bond donors (Lipinski definition) is 2. The molecule has 0 radical (unpaired) electrons. The van der Waals surface area contributed by atoms with Gasteiger partial charge in [0.2, 0.25) is 0 Å². The van der Waals surface area contributed by atoms with Crippen molar-refractivity contribution < 1.29 is 0 Å². The molecular weight excluding hydrogens is 174 g/mol. The van der Waals surface area contributed by atoms with Crippen LogP contribution in [0.3, 0.4) is 0 Å². The van der Waals surface area contributed by atoms with Crippen molar-refractivity contribution in [1.29, 1.82) is 0 Å². The van der Waals surface area contributed by atoms with Crippen molar-refractivity contribution in [1.82, 2.24) is 15.3 Å². The van der Waals surface area contributed by atoms with Gasteiger partial charge in [-0.15, -0.1) is 0 Å². The van der Waals surface area contributed by atoms with Gasteiger partial charge in [0.15, 0.2) is 0 Å². The second-order valence-corrected chi connectivity index (χ2v) is 3.91. The topological polar surface area (TPSA) is 40.7 Å². The third-order valence-electron chi connectivity index (χ3n) is 2.88. The lowest BCUT2D eigenvalue weighted by atomic mass is 10.0. The predicted molar refractivity (Wildman–Crippen MR) is 59.2 cm³/mol. The molecule has 0 spiro atoms. The Morgan fingerprint density at radius 3 is 2.86 bits per heavy atom. The van der Waals surface area contributed by atoms with Crippen LogP contribution >= 0.6 is 0 Å². The van der Waals surface area contributed by atoms with Crippen LogP contribution in [0.5, 0.6) is 0 Å². The number of H-pyrrole nitrogens is 1. The Kier molecular flexibility index (Phi) is 4.66. The minimum atomic E-state index is 0.593. The van der Waals surface area contributed by atoms with E-state index in [1.54, 1.807) is 6.20 Å². The third kappa shape index (κ3) is 3.50. The molecule has 0 aromatic carbocycles. The fourth-order valence-corrected chi connectivity index (χ4v) is 1.41. The van der Waals surface area contributed by atoms with Crippen molar-refractivity contribution >= 4 is 0 Å². The fourth-order valence-electron chi connectivity index (χ4n) is 1.41. The first kappa shape index (κ1) is 11.2. The molecule has 0 saturated heterocycles. The van der Waals surface area contributed by atoms with Crippen molar-refractivity contribution in [3.8, 4) is 0 Å². The third-order valence-corrected chi connectivity index (χ3v) is 2.88. The van der Waals surface area contributed by atoms with Gasteiger partial charge in [0, 0.05) is 31.4 Å². The predicted octanol–water partition coefficient (Wildman–Crippen LogP) is 1.98. The van der Waals surface area contributed by atoms with E-state index in [2.05, 4.69) is 36.1 Å². The van der Waals surface area contributed by atoms with E-state index in [1.165, 1.54) is 6.42 Å². The summed E-state index contributed by atoms with van der Waals surface area (Å²) in [6, 6.07) is 0.593. The maximum atomic E-state index is 4.18. The molecule has 0 fully saturated rings. The number of aromatic nitrogens is 2. The monoisotopic (exact) mass is 195 g/mol. The molecule has 1 rings (SSSR count). The van der Waals surface area contributed by atoms with Gasteiger partial charge in [-0.1, -0.05) is 20.3 Å². The van der Waals surface area contributed by atoms with Gasteiger partial charge in [-0.05, 0) is 12.8 Å². The Morgan fingerprint density at radius 1 is 1.50 bits per heavy atom. The van der Waals surface area contributed by atoms with Crippen molar-refractivity contribution in [2.24, 2.45) is 5.92 Å². The average Bonchev–Trinajstić information content (AvgIpc) is 2.69. The molecule has 0 aliphatic heterocycles. The molecule has 3 heteroatoms. The van der Waals surface area contributed by atoms with E-state index in [0.29, 0.717) is 6.04 Å². The quantitative estimate of drug-likeness (QED) is 0.728. The number of hydrogen-bond acceptors (Lipinski definition) is 2. The molecule has 2 unspecified atom stereocenters. The van der Waals surface area contributed by atoms with Gasteiger partial charge in [0.1, 0.15) is 5.82 Å². The van der Waals surface area contributed by atoms with E-state index >= 15 is 0 Å². The molecular formula is C11H21N3. The van der Waals surface area contributed by atoms with E-state index in [-0.39, 0.29) is 0 Å². The first-order chi connectivity index (χ1) is 6.74. The lowest BCUT2D eigenvalue weighted by Gasteiger charge is -2.19. The number of nitrogens with one attached hydrogen (secondary N) is 2. The summed E-state index contributed by atoms with van der Waals surface area (Å²) in [7, 11) is 0. The molecule has 80 valence electrons. The highest BCUT2D eigenvalue weighted by atomic mass is 14.9. The van der Waals surface area contributed by atoms with E-state index in [0.717, 1.165) is 24.7 Å². The Hall–Kier alpha value is -0.830. The molecule has 3 nitrogen and oxygen atoms in total. The highest BCUT2D eigenvalue weighted by Crippen LogP contribution is 2.06. The summed E-state index contributed by atoms with van der Waals surface area (Å²) in [6.45, 7) is 7.76. The number of imidazole rings is 1. The summed E-state index contributed by atoms with van der Waals surface area (Å²) in [5, 5.41) is 3.51. The van der Waals surface area contributed by atoms with E-state index < -0.39 is 0 Å². The van der Waals surface area contributed by atoms with Gasteiger partial charge >= 0.3 is 0 Å². The Labute approximate surface area is 86.3 Å². The molecule has 0 aliphatic carbocycles. The highest BCUT2D eigenvalue weighted by molar-refractivity contribution is 4.87. The molecule has 0 bridgehead atoms. The molecule has 0 saturated carbocycles. The van der Waals surface area contributed by atoms with Gasteiger partial charge in [-0.3, -0.25) is 0 Å². The summed E-state index contributed by atoms with van der Waals surface area (Å²) < 4.78 is 0. The molecule has 2 N–H and O–H groups in total. The summed E-state index contributed by atoms with van der Waals surface area (Å²) in [5.74, 6) is 1.81. The fraction of sp³-hybridized carbons (Fsp3) is 0.727. The first-order valence-corrected chi connectivity index (χ1v) is 5.45. The number of aromatic amines is 1.